The average molecular weight is 544 g/mol. The van der Waals surface area contributed by atoms with Gasteiger partial charge in [-0.05, 0) is 84.4 Å². The number of aromatic nitrogens is 1. The van der Waals surface area contributed by atoms with E-state index in [1.807, 2.05) is 30.5 Å². The van der Waals surface area contributed by atoms with E-state index < -0.39 is 24.3 Å². The number of hydrogen-bond donors (Lipinski definition) is 0. The summed E-state index contributed by atoms with van der Waals surface area (Å²) in [6.07, 6.45) is 1.46. The number of nitrogens with zero attached hydrogens (tertiary/aromatic N) is 1. The van der Waals surface area contributed by atoms with Gasteiger partial charge in [0.1, 0.15) is 5.82 Å². The summed E-state index contributed by atoms with van der Waals surface area (Å²) >= 11 is 0. The first-order chi connectivity index (χ1) is 18.7. The molecule has 0 atom stereocenters. The van der Waals surface area contributed by atoms with Crippen LogP contribution in [0.5, 0.6) is 5.75 Å². The summed E-state index contributed by atoms with van der Waals surface area (Å²) in [6, 6.07) is 17.2. The molecular weight excluding hydrogens is 513 g/mol. The molecule has 8 heteroatoms. The van der Waals surface area contributed by atoms with Gasteiger partial charge in [-0.1, -0.05) is 42.5 Å². The van der Waals surface area contributed by atoms with Crippen molar-refractivity contribution in [3.63, 3.8) is 0 Å². The Labute approximate surface area is 224 Å². The zero-order valence-corrected chi connectivity index (χ0v) is 21.7. The topological polar surface area (TPSA) is 31.4 Å². The van der Waals surface area contributed by atoms with E-state index in [2.05, 4.69) is 15.8 Å². The molecule has 39 heavy (non-hydrogen) atoms. The van der Waals surface area contributed by atoms with Gasteiger partial charge in [0.25, 0.3) is 0 Å². The van der Waals surface area contributed by atoms with Gasteiger partial charge in [0.15, 0.2) is 18.2 Å². The van der Waals surface area contributed by atoms with Crippen LogP contribution in [0.4, 0.5) is 22.0 Å². The van der Waals surface area contributed by atoms with E-state index in [1.54, 1.807) is 19.2 Å². The van der Waals surface area contributed by atoms with Crippen molar-refractivity contribution < 1.29 is 31.4 Å². The number of rotatable bonds is 12. The van der Waals surface area contributed by atoms with E-state index in [0.29, 0.717) is 29.4 Å². The zero-order chi connectivity index (χ0) is 27.8. The highest BCUT2D eigenvalue weighted by Crippen LogP contribution is 2.26. The zero-order valence-electron chi connectivity index (χ0n) is 21.7. The number of ether oxygens (including phenoxy) is 2. The SMILES string of the molecule is COCCCc1ccc(CCc2ccc3c(F)c(CCc4ccc(OCC(F)(F)F)c(F)c4)ccc3c2)nc1. The maximum absolute atomic E-state index is 15.2. The van der Waals surface area contributed by atoms with Crippen LogP contribution >= 0.6 is 0 Å². The Hall–Kier alpha value is -3.52. The molecule has 0 bridgehead atoms. The molecule has 0 radical (unpaired) electrons. The van der Waals surface area contributed by atoms with Crippen LogP contribution in [-0.2, 0) is 36.8 Å². The Bertz CT molecular complexity index is 1390. The monoisotopic (exact) mass is 543 g/mol. The van der Waals surface area contributed by atoms with E-state index in [4.69, 9.17) is 4.74 Å². The molecule has 0 amide bonds. The molecule has 0 fully saturated rings. The van der Waals surface area contributed by atoms with E-state index in [1.165, 1.54) is 17.7 Å². The van der Waals surface area contributed by atoms with Crippen LogP contribution in [0.3, 0.4) is 0 Å². The fourth-order valence-corrected chi connectivity index (χ4v) is 4.43. The number of aryl methyl sites for hydroxylation is 5. The Balaban J connectivity index is 1.35. The van der Waals surface area contributed by atoms with Gasteiger partial charge >= 0.3 is 6.18 Å². The van der Waals surface area contributed by atoms with E-state index in [-0.39, 0.29) is 5.82 Å². The maximum Gasteiger partial charge on any atom is 0.422 e. The minimum absolute atomic E-state index is 0.318. The predicted molar refractivity (Wildman–Crippen MR) is 141 cm³/mol. The second-order valence-electron chi connectivity index (χ2n) is 9.52. The Morgan fingerprint density at radius 3 is 2.23 bits per heavy atom. The van der Waals surface area contributed by atoms with Crippen molar-refractivity contribution in [2.24, 2.45) is 0 Å². The molecule has 4 rings (SSSR count). The quantitative estimate of drug-likeness (QED) is 0.136. The molecule has 1 aromatic heterocycles. The van der Waals surface area contributed by atoms with Crippen molar-refractivity contribution in [3.05, 3.63) is 106 Å². The summed E-state index contributed by atoms with van der Waals surface area (Å²) in [5, 5.41) is 1.31. The van der Waals surface area contributed by atoms with Crippen LogP contribution in [0, 0.1) is 11.6 Å². The molecule has 0 aliphatic heterocycles. The smallest absolute Gasteiger partial charge is 0.422 e. The lowest BCUT2D eigenvalue weighted by Gasteiger charge is -2.11. The van der Waals surface area contributed by atoms with Crippen LogP contribution < -0.4 is 4.74 Å². The summed E-state index contributed by atoms with van der Waals surface area (Å²) in [6.45, 7) is -0.834. The lowest BCUT2D eigenvalue weighted by Crippen LogP contribution is -2.19. The van der Waals surface area contributed by atoms with E-state index in [0.717, 1.165) is 55.0 Å². The minimum atomic E-state index is -4.55. The maximum atomic E-state index is 15.2. The van der Waals surface area contributed by atoms with Crippen LogP contribution in [0.15, 0.2) is 66.9 Å². The van der Waals surface area contributed by atoms with E-state index in [9.17, 15) is 17.6 Å². The first-order valence-corrected chi connectivity index (χ1v) is 12.8. The largest absolute Gasteiger partial charge is 0.481 e. The number of fused-ring (bicyclic) bond motifs is 1. The van der Waals surface area contributed by atoms with Gasteiger partial charge < -0.3 is 9.47 Å². The molecule has 0 saturated carbocycles. The number of pyridine rings is 1. The fourth-order valence-electron chi connectivity index (χ4n) is 4.43. The predicted octanol–water partition coefficient (Wildman–Crippen LogP) is 7.60. The van der Waals surface area contributed by atoms with Gasteiger partial charge in [0.05, 0.1) is 0 Å². The first-order valence-electron chi connectivity index (χ1n) is 12.8. The lowest BCUT2D eigenvalue weighted by atomic mass is 9.97. The Morgan fingerprint density at radius 2 is 1.51 bits per heavy atom. The highest BCUT2D eigenvalue weighted by Gasteiger charge is 2.29. The molecule has 206 valence electrons. The first kappa shape index (κ1) is 28.5. The van der Waals surface area contributed by atoms with E-state index >= 15 is 4.39 Å². The van der Waals surface area contributed by atoms with Crippen molar-refractivity contribution >= 4 is 10.8 Å². The Morgan fingerprint density at radius 1 is 0.769 bits per heavy atom. The molecule has 0 N–H and O–H groups in total. The lowest BCUT2D eigenvalue weighted by molar-refractivity contribution is -0.153. The molecule has 0 unspecified atom stereocenters. The molecule has 0 aliphatic rings. The minimum Gasteiger partial charge on any atom is -0.481 e. The third-order valence-electron chi connectivity index (χ3n) is 6.54. The van der Waals surface area contributed by atoms with Crippen LogP contribution in [-0.4, -0.2) is 31.5 Å². The molecule has 1 heterocycles. The van der Waals surface area contributed by atoms with Gasteiger partial charge in [-0.2, -0.15) is 13.2 Å². The fraction of sp³-hybridized carbons (Fsp3) is 0.323. The summed E-state index contributed by atoms with van der Waals surface area (Å²) in [5.41, 5.74) is 4.30. The standard InChI is InChI=1S/C31H30F5NO2/c1-38-16-2-3-23-6-13-26(37-19-23)12-5-21-7-14-27-25(17-21)11-10-24(30(27)33)9-4-22-8-15-29(28(32)18-22)39-20-31(34,35)36/h6-8,10-11,13-15,17-19H,2-5,9,12,16,20H2,1H3. The van der Waals surface area contributed by atoms with Crippen LogP contribution in [0.25, 0.3) is 10.8 Å². The number of methoxy groups -OCH3 is 1. The number of hydrogen-bond acceptors (Lipinski definition) is 3. The molecule has 0 aliphatic carbocycles. The van der Waals surface area contributed by atoms with Gasteiger partial charge in [0, 0.05) is 31.0 Å². The highest BCUT2D eigenvalue weighted by atomic mass is 19.4. The molecule has 3 aromatic carbocycles. The van der Waals surface area contributed by atoms with Crippen molar-refractivity contribution in [3.8, 4) is 5.75 Å². The molecule has 0 spiro atoms. The number of alkyl halides is 3. The van der Waals surface area contributed by atoms with Gasteiger partial charge in [-0.15, -0.1) is 0 Å². The Kier molecular flexibility index (Phi) is 9.51. The van der Waals surface area contributed by atoms with Crippen molar-refractivity contribution in [2.45, 2.75) is 44.7 Å². The number of halogens is 5. The third kappa shape index (κ3) is 8.23. The van der Waals surface area contributed by atoms with Crippen molar-refractivity contribution in [1.29, 1.82) is 0 Å². The second kappa shape index (κ2) is 13.0. The molecule has 0 saturated heterocycles. The normalized spacial score (nSPS) is 11.7. The van der Waals surface area contributed by atoms with Crippen LogP contribution in [0.2, 0.25) is 0 Å². The summed E-state index contributed by atoms with van der Waals surface area (Å²) in [5.74, 6) is -1.67. The summed E-state index contributed by atoms with van der Waals surface area (Å²) in [4.78, 5) is 4.56. The average Bonchev–Trinajstić information content (AvgIpc) is 2.91. The highest BCUT2D eigenvalue weighted by molar-refractivity contribution is 5.84. The summed E-state index contributed by atoms with van der Waals surface area (Å²) in [7, 11) is 1.69. The van der Waals surface area contributed by atoms with Gasteiger partial charge in [-0.3, -0.25) is 4.98 Å². The van der Waals surface area contributed by atoms with Crippen molar-refractivity contribution in [2.75, 3.05) is 20.3 Å². The van der Waals surface area contributed by atoms with Gasteiger partial charge in [-0.25, -0.2) is 8.78 Å². The molecular formula is C31H30F5NO2. The third-order valence-corrected chi connectivity index (χ3v) is 6.54. The van der Waals surface area contributed by atoms with Crippen molar-refractivity contribution in [1.82, 2.24) is 4.98 Å². The number of benzene rings is 3. The van der Waals surface area contributed by atoms with Crippen LogP contribution in [0.1, 0.15) is 34.4 Å². The van der Waals surface area contributed by atoms with Gasteiger partial charge in [0.2, 0.25) is 0 Å². The molecule has 3 nitrogen and oxygen atoms in total. The molecule has 4 aromatic rings. The summed E-state index contributed by atoms with van der Waals surface area (Å²) < 4.78 is 75.9. The second-order valence-corrected chi connectivity index (χ2v) is 9.52.